The summed E-state index contributed by atoms with van der Waals surface area (Å²) in [5.74, 6) is -3.03. The largest absolute Gasteiger partial charge is 0.547 e. The van der Waals surface area contributed by atoms with Crippen LogP contribution in [0.15, 0.2) is 24.3 Å². The molecule has 0 bridgehead atoms. The summed E-state index contributed by atoms with van der Waals surface area (Å²) in [5, 5.41) is 42.7. The SMILES string of the molecule is COc1ccc([C@@H]([NH3+])C#N)cc1.O=C([O-])[C@H](O)[C@@H](O)C(=O)O. The minimum atomic E-state index is -2.38. The molecule has 9 heteroatoms. The average Bonchev–Trinajstić information content (AvgIpc) is 2.53. The summed E-state index contributed by atoms with van der Waals surface area (Å²) in [7, 11) is 1.61. The van der Waals surface area contributed by atoms with Gasteiger partial charge in [-0.05, 0) is 24.3 Å². The molecule has 3 atom stereocenters. The molecular weight excluding hydrogens is 296 g/mol. The van der Waals surface area contributed by atoms with E-state index in [0.29, 0.717) is 0 Å². The van der Waals surface area contributed by atoms with E-state index in [9.17, 15) is 14.7 Å². The van der Waals surface area contributed by atoms with Crippen LogP contribution in [0.25, 0.3) is 0 Å². The van der Waals surface area contributed by atoms with E-state index >= 15 is 0 Å². The van der Waals surface area contributed by atoms with Crippen LogP contribution in [0.4, 0.5) is 0 Å². The van der Waals surface area contributed by atoms with Crippen molar-refractivity contribution in [3.63, 3.8) is 0 Å². The monoisotopic (exact) mass is 312 g/mol. The van der Waals surface area contributed by atoms with Crippen molar-refractivity contribution in [3.8, 4) is 11.8 Å². The summed E-state index contributed by atoms with van der Waals surface area (Å²) in [6.45, 7) is 0. The van der Waals surface area contributed by atoms with Crippen LogP contribution < -0.4 is 15.6 Å². The molecule has 0 aliphatic rings. The second-order valence-corrected chi connectivity index (χ2v) is 4.00. The van der Waals surface area contributed by atoms with Gasteiger partial charge in [-0.1, -0.05) is 0 Å². The molecule has 0 saturated heterocycles. The lowest BCUT2D eigenvalue weighted by Crippen LogP contribution is -2.52. The lowest BCUT2D eigenvalue weighted by Gasteiger charge is -2.13. The van der Waals surface area contributed by atoms with Gasteiger partial charge in [0.25, 0.3) is 0 Å². The zero-order chi connectivity index (χ0) is 17.3. The number of hydrogen-bond donors (Lipinski definition) is 4. The number of carbonyl (C=O) groups excluding carboxylic acids is 1. The Morgan fingerprint density at radius 1 is 1.27 bits per heavy atom. The summed E-state index contributed by atoms with van der Waals surface area (Å²) >= 11 is 0. The first-order chi connectivity index (χ1) is 10.2. The van der Waals surface area contributed by atoms with E-state index in [0.717, 1.165) is 11.3 Å². The van der Waals surface area contributed by atoms with E-state index in [4.69, 9.17) is 25.3 Å². The predicted molar refractivity (Wildman–Crippen MR) is 68.9 cm³/mol. The Balaban J connectivity index is 0.000000409. The fourth-order valence-electron chi connectivity index (χ4n) is 1.17. The summed E-state index contributed by atoms with van der Waals surface area (Å²) in [6, 6.07) is 9.11. The van der Waals surface area contributed by atoms with Gasteiger partial charge in [0.2, 0.25) is 0 Å². The van der Waals surface area contributed by atoms with Crippen LogP contribution in [0.5, 0.6) is 5.75 Å². The second kappa shape index (κ2) is 9.30. The highest BCUT2D eigenvalue weighted by atomic mass is 16.5. The van der Waals surface area contributed by atoms with Crippen molar-refractivity contribution in [2.75, 3.05) is 7.11 Å². The molecule has 0 radical (unpaired) electrons. The van der Waals surface area contributed by atoms with Crippen LogP contribution in [-0.4, -0.2) is 46.6 Å². The number of carboxylic acid groups (broad SMARTS) is 2. The highest BCUT2D eigenvalue weighted by Gasteiger charge is 2.23. The molecule has 0 unspecified atom stereocenters. The molecule has 6 N–H and O–H groups in total. The molecule has 9 nitrogen and oxygen atoms in total. The molecule has 0 amide bonds. The standard InChI is InChI=1S/C9H10N2O.C4H6O6/c1-12-8-4-2-7(3-5-8)9(11)6-10;5-1(3(7)8)2(6)4(9)10/h2-5,9H,11H2,1H3;1-2,5-6H,(H,7,8)(H,9,10)/t9-;1-,2-/m01/s1. The minimum Gasteiger partial charge on any atom is -0.547 e. The van der Waals surface area contributed by atoms with Crippen LogP contribution in [0.1, 0.15) is 11.6 Å². The van der Waals surface area contributed by atoms with Gasteiger partial charge in [0.05, 0.1) is 13.1 Å². The van der Waals surface area contributed by atoms with Crippen molar-refractivity contribution >= 4 is 11.9 Å². The Morgan fingerprint density at radius 2 is 1.77 bits per heavy atom. The smallest absolute Gasteiger partial charge is 0.335 e. The summed E-state index contributed by atoms with van der Waals surface area (Å²) in [4.78, 5) is 19.4. The average molecular weight is 312 g/mol. The van der Waals surface area contributed by atoms with Gasteiger partial charge in [-0.3, -0.25) is 0 Å². The third-order valence-corrected chi connectivity index (χ3v) is 2.47. The van der Waals surface area contributed by atoms with Crippen LogP contribution in [0, 0.1) is 11.3 Å². The molecule has 0 spiro atoms. The number of carboxylic acids is 2. The van der Waals surface area contributed by atoms with Crippen molar-refractivity contribution in [1.82, 2.24) is 0 Å². The van der Waals surface area contributed by atoms with Gasteiger partial charge in [-0.2, -0.15) is 5.26 Å². The molecule has 0 heterocycles. The molecule has 1 aromatic carbocycles. The van der Waals surface area contributed by atoms with E-state index < -0.39 is 24.1 Å². The number of benzene rings is 1. The number of ether oxygens (including phenoxy) is 1. The Labute approximate surface area is 125 Å². The molecule has 0 aromatic heterocycles. The first-order valence-electron chi connectivity index (χ1n) is 5.91. The fourth-order valence-corrected chi connectivity index (χ4v) is 1.17. The quantitative estimate of drug-likeness (QED) is 0.445. The third kappa shape index (κ3) is 6.19. The van der Waals surface area contributed by atoms with Gasteiger partial charge in [0.15, 0.2) is 12.1 Å². The van der Waals surface area contributed by atoms with Crippen LogP contribution in [0.3, 0.4) is 0 Å². The Kier molecular flexibility index (Phi) is 8.17. The maximum atomic E-state index is 9.74. The molecule has 1 rings (SSSR count). The van der Waals surface area contributed by atoms with Gasteiger partial charge in [0, 0.05) is 5.56 Å². The number of methoxy groups -OCH3 is 1. The van der Waals surface area contributed by atoms with E-state index in [1.165, 1.54) is 0 Å². The number of carbonyl (C=O) groups is 2. The molecule has 0 aliphatic carbocycles. The highest BCUT2D eigenvalue weighted by molar-refractivity contribution is 5.82. The zero-order valence-corrected chi connectivity index (χ0v) is 11.7. The number of aliphatic hydroxyl groups is 2. The molecule has 120 valence electrons. The van der Waals surface area contributed by atoms with Gasteiger partial charge < -0.3 is 35.7 Å². The molecule has 0 saturated carbocycles. The highest BCUT2D eigenvalue weighted by Crippen LogP contribution is 2.14. The van der Waals surface area contributed by atoms with Crippen molar-refractivity contribution in [2.24, 2.45) is 0 Å². The van der Waals surface area contributed by atoms with Gasteiger partial charge in [-0.15, -0.1) is 0 Å². The van der Waals surface area contributed by atoms with E-state index in [2.05, 4.69) is 11.8 Å². The lowest BCUT2D eigenvalue weighted by atomic mass is 10.1. The van der Waals surface area contributed by atoms with Crippen molar-refractivity contribution < 1.29 is 40.5 Å². The van der Waals surface area contributed by atoms with Crippen molar-refractivity contribution in [1.29, 1.82) is 5.26 Å². The number of nitriles is 1. The summed E-state index contributed by atoms with van der Waals surface area (Å²) in [5.41, 5.74) is 4.60. The van der Waals surface area contributed by atoms with E-state index in [1.807, 2.05) is 24.3 Å². The molecular formula is C13H16N2O7. The van der Waals surface area contributed by atoms with Crippen LogP contribution in [0.2, 0.25) is 0 Å². The number of nitrogens with zero attached hydrogens (tertiary/aromatic N) is 1. The number of aliphatic hydroxyl groups excluding tert-OH is 2. The Morgan fingerprint density at radius 3 is 2.05 bits per heavy atom. The van der Waals surface area contributed by atoms with Gasteiger partial charge in [-0.25, -0.2) is 4.79 Å². The fraction of sp³-hybridized carbons (Fsp3) is 0.308. The number of aliphatic carboxylic acids is 2. The minimum absolute atomic E-state index is 0.295. The second-order valence-electron chi connectivity index (χ2n) is 4.00. The first kappa shape index (κ1) is 19.3. The molecule has 1 aromatic rings. The molecule has 22 heavy (non-hydrogen) atoms. The van der Waals surface area contributed by atoms with Gasteiger partial charge in [0.1, 0.15) is 17.9 Å². The number of quaternary nitrogens is 1. The predicted octanol–water partition coefficient (Wildman–Crippen LogP) is -2.96. The summed E-state index contributed by atoms with van der Waals surface area (Å²) < 4.78 is 4.98. The van der Waals surface area contributed by atoms with Crippen LogP contribution in [-0.2, 0) is 9.59 Å². The summed E-state index contributed by atoms with van der Waals surface area (Å²) in [6.07, 6.45) is -4.71. The molecule has 0 fully saturated rings. The van der Waals surface area contributed by atoms with Gasteiger partial charge >= 0.3 is 5.97 Å². The van der Waals surface area contributed by atoms with Crippen LogP contribution >= 0.6 is 0 Å². The van der Waals surface area contributed by atoms with Crippen molar-refractivity contribution in [3.05, 3.63) is 29.8 Å². The topological polar surface area (TPSA) is 179 Å². The van der Waals surface area contributed by atoms with Crippen molar-refractivity contribution in [2.45, 2.75) is 18.2 Å². The maximum Gasteiger partial charge on any atom is 0.335 e. The Bertz CT molecular complexity index is 520. The first-order valence-corrected chi connectivity index (χ1v) is 5.91. The maximum absolute atomic E-state index is 9.74. The Hall–Kier alpha value is -2.67. The number of hydrogen-bond acceptors (Lipinski definition) is 7. The molecule has 0 aliphatic heterocycles. The third-order valence-electron chi connectivity index (χ3n) is 2.47. The number of rotatable bonds is 5. The normalized spacial score (nSPS) is 13.6. The van der Waals surface area contributed by atoms with E-state index in [1.54, 1.807) is 7.11 Å². The zero-order valence-electron chi connectivity index (χ0n) is 11.7. The van der Waals surface area contributed by atoms with E-state index in [-0.39, 0.29) is 6.04 Å². The lowest BCUT2D eigenvalue weighted by molar-refractivity contribution is -0.406.